The average Bonchev–Trinajstić information content (AvgIpc) is 3.12. The summed E-state index contributed by atoms with van der Waals surface area (Å²) in [6.07, 6.45) is 2.25. The molecule has 1 unspecified atom stereocenters. The second-order valence-electron chi connectivity index (χ2n) is 5.69. The van der Waals surface area contributed by atoms with Crippen LogP contribution in [-0.2, 0) is 11.2 Å². The molecule has 0 fully saturated rings. The number of methoxy groups -OCH3 is 2. The standard InChI is InChI=1S/C19H18FN3O3/c1-25-17-8-7-14(11-18(17)26-2)21-19(24)16-10-15(22-23-16)9-12-3-5-13(20)6-4-12/h3-8,10-11,15H,9H2,1-2H3,(H,21,24). The molecule has 2 aromatic carbocycles. The van der Waals surface area contributed by atoms with Crippen LogP contribution in [-0.4, -0.2) is 26.2 Å². The summed E-state index contributed by atoms with van der Waals surface area (Å²) in [4.78, 5) is 12.4. The molecule has 0 aromatic heterocycles. The number of hydrogen-bond donors (Lipinski definition) is 1. The smallest absolute Gasteiger partial charge is 0.275 e. The lowest BCUT2D eigenvalue weighted by atomic mass is 10.1. The summed E-state index contributed by atoms with van der Waals surface area (Å²) in [5.41, 5.74) is 1.73. The molecule has 1 aliphatic heterocycles. The molecule has 26 heavy (non-hydrogen) atoms. The fourth-order valence-corrected chi connectivity index (χ4v) is 2.58. The van der Waals surface area contributed by atoms with Gasteiger partial charge in [0, 0.05) is 18.2 Å². The molecule has 6 nitrogen and oxygen atoms in total. The van der Waals surface area contributed by atoms with E-state index in [2.05, 4.69) is 15.5 Å². The minimum Gasteiger partial charge on any atom is -0.493 e. The van der Waals surface area contributed by atoms with Crippen LogP contribution in [0.4, 0.5) is 10.1 Å². The molecule has 7 heteroatoms. The quantitative estimate of drug-likeness (QED) is 0.858. The fourth-order valence-electron chi connectivity index (χ4n) is 2.58. The van der Waals surface area contributed by atoms with Crippen LogP contribution in [0.5, 0.6) is 11.5 Å². The maximum absolute atomic E-state index is 13.0. The maximum atomic E-state index is 13.0. The van der Waals surface area contributed by atoms with E-state index in [0.717, 1.165) is 5.56 Å². The minimum absolute atomic E-state index is 0.242. The minimum atomic E-state index is -0.359. The Morgan fingerprint density at radius 2 is 1.85 bits per heavy atom. The first-order valence-electron chi connectivity index (χ1n) is 7.99. The molecule has 134 valence electrons. The van der Waals surface area contributed by atoms with Gasteiger partial charge in [-0.25, -0.2) is 4.39 Å². The molecular weight excluding hydrogens is 337 g/mol. The molecule has 0 radical (unpaired) electrons. The predicted octanol–water partition coefficient (Wildman–Crippen LogP) is 3.74. The Kier molecular flexibility index (Phi) is 5.26. The summed E-state index contributed by atoms with van der Waals surface area (Å²) in [7, 11) is 3.07. The second-order valence-corrected chi connectivity index (χ2v) is 5.69. The van der Waals surface area contributed by atoms with E-state index in [1.807, 2.05) is 0 Å². The Hall–Kier alpha value is -3.22. The number of anilines is 1. The summed E-state index contributed by atoms with van der Waals surface area (Å²) in [5, 5.41) is 10.8. The number of hydrogen-bond acceptors (Lipinski definition) is 5. The number of benzene rings is 2. The highest BCUT2D eigenvalue weighted by atomic mass is 19.1. The Morgan fingerprint density at radius 1 is 1.12 bits per heavy atom. The lowest BCUT2D eigenvalue weighted by Gasteiger charge is -2.10. The molecule has 0 spiro atoms. The van der Waals surface area contributed by atoms with E-state index >= 15 is 0 Å². The molecule has 1 heterocycles. The van der Waals surface area contributed by atoms with Crippen molar-refractivity contribution in [1.82, 2.24) is 0 Å². The van der Waals surface area contributed by atoms with Gasteiger partial charge in [0.25, 0.3) is 5.91 Å². The van der Waals surface area contributed by atoms with Gasteiger partial charge in [0.2, 0.25) is 0 Å². The first-order chi connectivity index (χ1) is 12.6. The third-order valence-corrected chi connectivity index (χ3v) is 3.90. The van der Waals surface area contributed by atoms with Crippen molar-refractivity contribution in [3.63, 3.8) is 0 Å². The zero-order valence-electron chi connectivity index (χ0n) is 14.4. The van der Waals surface area contributed by atoms with Gasteiger partial charge in [0.1, 0.15) is 11.5 Å². The normalized spacial score (nSPS) is 15.5. The van der Waals surface area contributed by atoms with Gasteiger partial charge in [-0.05, 0) is 35.9 Å². The molecule has 0 aliphatic carbocycles. The third kappa shape index (κ3) is 4.05. The molecule has 1 amide bonds. The summed E-state index contributed by atoms with van der Waals surface area (Å²) in [6, 6.07) is 11.0. The van der Waals surface area contributed by atoms with Crippen molar-refractivity contribution < 1.29 is 18.7 Å². The summed E-state index contributed by atoms with van der Waals surface area (Å²) < 4.78 is 23.3. The number of halogens is 1. The van der Waals surface area contributed by atoms with Gasteiger partial charge in [-0.3, -0.25) is 4.79 Å². The number of carbonyl (C=O) groups excluding carboxylic acids is 1. The second kappa shape index (κ2) is 7.77. The number of nitrogens with zero attached hydrogens (tertiary/aromatic N) is 2. The molecular formula is C19H18FN3O3. The van der Waals surface area contributed by atoms with Crippen molar-refractivity contribution in [2.75, 3.05) is 19.5 Å². The predicted molar refractivity (Wildman–Crippen MR) is 95.0 cm³/mol. The van der Waals surface area contributed by atoms with Crippen LogP contribution < -0.4 is 14.8 Å². The number of amides is 1. The van der Waals surface area contributed by atoms with Gasteiger partial charge in [-0.15, -0.1) is 5.11 Å². The van der Waals surface area contributed by atoms with Crippen molar-refractivity contribution in [2.45, 2.75) is 12.5 Å². The maximum Gasteiger partial charge on any atom is 0.275 e. The van der Waals surface area contributed by atoms with E-state index in [-0.39, 0.29) is 23.5 Å². The summed E-state index contributed by atoms with van der Waals surface area (Å²) in [5.74, 6) is 0.445. The Labute approximate surface area is 150 Å². The summed E-state index contributed by atoms with van der Waals surface area (Å²) in [6.45, 7) is 0. The largest absolute Gasteiger partial charge is 0.493 e. The van der Waals surface area contributed by atoms with E-state index in [0.29, 0.717) is 23.6 Å². The van der Waals surface area contributed by atoms with Crippen LogP contribution in [0.15, 0.2) is 64.5 Å². The third-order valence-electron chi connectivity index (χ3n) is 3.90. The molecule has 1 aliphatic rings. The van der Waals surface area contributed by atoms with Crippen LogP contribution in [0.2, 0.25) is 0 Å². The number of rotatable bonds is 6. The molecule has 3 rings (SSSR count). The van der Waals surface area contributed by atoms with Crippen LogP contribution in [0, 0.1) is 5.82 Å². The van der Waals surface area contributed by atoms with Gasteiger partial charge in [-0.2, -0.15) is 5.11 Å². The Bertz CT molecular complexity index is 863. The fraction of sp³-hybridized carbons (Fsp3) is 0.211. The highest BCUT2D eigenvalue weighted by Gasteiger charge is 2.19. The van der Waals surface area contributed by atoms with Gasteiger partial charge in [0.15, 0.2) is 11.5 Å². The van der Waals surface area contributed by atoms with Crippen molar-refractivity contribution in [3.05, 3.63) is 65.6 Å². The van der Waals surface area contributed by atoms with Crippen LogP contribution in [0.1, 0.15) is 5.56 Å². The zero-order chi connectivity index (χ0) is 18.5. The van der Waals surface area contributed by atoms with Crippen LogP contribution in [0.25, 0.3) is 0 Å². The molecule has 0 saturated heterocycles. The SMILES string of the molecule is COc1ccc(NC(=O)C2=CC(Cc3ccc(F)cc3)N=N2)cc1OC. The van der Waals surface area contributed by atoms with E-state index in [1.165, 1.54) is 19.2 Å². The summed E-state index contributed by atoms with van der Waals surface area (Å²) >= 11 is 0. The van der Waals surface area contributed by atoms with E-state index in [4.69, 9.17) is 9.47 Å². The molecule has 0 bridgehead atoms. The first kappa shape index (κ1) is 17.6. The number of nitrogens with one attached hydrogen (secondary N) is 1. The topological polar surface area (TPSA) is 72.3 Å². The van der Waals surface area contributed by atoms with E-state index in [9.17, 15) is 9.18 Å². The molecule has 0 saturated carbocycles. The zero-order valence-corrected chi connectivity index (χ0v) is 14.4. The van der Waals surface area contributed by atoms with Gasteiger partial charge >= 0.3 is 0 Å². The molecule has 1 N–H and O–H groups in total. The first-order valence-corrected chi connectivity index (χ1v) is 7.99. The van der Waals surface area contributed by atoms with Crippen molar-refractivity contribution in [3.8, 4) is 11.5 Å². The average molecular weight is 355 g/mol. The Balaban J connectivity index is 1.65. The van der Waals surface area contributed by atoms with Gasteiger partial charge in [-0.1, -0.05) is 12.1 Å². The number of carbonyl (C=O) groups is 1. The van der Waals surface area contributed by atoms with Crippen molar-refractivity contribution in [1.29, 1.82) is 0 Å². The van der Waals surface area contributed by atoms with Gasteiger partial charge in [0.05, 0.1) is 20.3 Å². The lowest BCUT2D eigenvalue weighted by molar-refractivity contribution is -0.112. The number of azo groups is 1. The molecule has 1 atom stereocenters. The molecule has 2 aromatic rings. The monoisotopic (exact) mass is 355 g/mol. The lowest BCUT2D eigenvalue weighted by Crippen LogP contribution is -2.13. The van der Waals surface area contributed by atoms with E-state index < -0.39 is 0 Å². The highest BCUT2D eigenvalue weighted by Crippen LogP contribution is 2.30. The Morgan fingerprint density at radius 3 is 2.54 bits per heavy atom. The van der Waals surface area contributed by atoms with E-state index in [1.54, 1.807) is 43.5 Å². The highest BCUT2D eigenvalue weighted by molar-refractivity contribution is 6.03. The van der Waals surface area contributed by atoms with Crippen LogP contribution in [0.3, 0.4) is 0 Å². The van der Waals surface area contributed by atoms with Gasteiger partial charge < -0.3 is 14.8 Å². The van der Waals surface area contributed by atoms with Crippen molar-refractivity contribution in [2.24, 2.45) is 10.2 Å². The van der Waals surface area contributed by atoms with Crippen molar-refractivity contribution >= 4 is 11.6 Å². The van der Waals surface area contributed by atoms with Crippen LogP contribution >= 0.6 is 0 Å². The number of ether oxygens (including phenoxy) is 2.